The predicted octanol–water partition coefficient (Wildman–Crippen LogP) is 2.39. The van der Waals surface area contributed by atoms with Gasteiger partial charge in [0.05, 0.1) is 12.1 Å². The van der Waals surface area contributed by atoms with Crippen LogP contribution in [-0.4, -0.2) is 63.5 Å². The molecular formula is C17H25ClN4O5S. The van der Waals surface area contributed by atoms with Gasteiger partial charge in [0.15, 0.2) is 21.9 Å². The monoisotopic (exact) mass is 432 g/mol. The summed E-state index contributed by atoms with van der Waals surface area (Å²) in [6.07, 6.45) is 0.312. The zero-order valence-electron chi connectivity index (χ0n) is 16.0. The molecule has 1 aromatic heterocycles. The molecule has 0 aromatic carbocycles. The number of nitrogens with zero attached hydrogens (tertiary/aromatic N) is 2. The number of nitrogen functional groups attached to an aromatic ring is 1. The Morgan fingerprint density at radius 2 is 2.14 bits per heavy atom. The molecule has 2 fully saturated rings. The Kier molecular flexibility index (Phi) is 6.55. The smallest absolute Gasteiger partial charge is 0.329 e. The van der Waals surface area contributed by atoms with E-state index in [1.165, 1.54) is 11.8 Å². The molecule has 2 aliphatic rings. The Hall–Kier alpha value is -1.33. The molecule has 1 aliphatic heterocycles. The van der Waals surface area contributed by atoms with Gasteiger partial charge in [0.25, 0.3) is 0 Å². The molecule has 0 unspecified atom stereocenters. The van der Waals surface area contributed by atoms with Gasteiger partial charge in [0.1, 0.15) is 24.5 Å². The second kappa shape index (κ2) is 8.58. The molecule has 156 valence electrons. The SMILES string of the molecule is CCCSc1nc(Cl)c(N)c(N[C@@H]2C[C@H](OCC(=O)O)[C@H]3OC(C)(C)O[C@H]32)n1. The van der Waals surface area contributed by atoms with Gasteiger partial charge in [-0.2, -0.15) is 0 Å². The number of carboxylic acid groups (broad SMARTS) is 1. The number of hydrogen-bond acceptors (Lipinski definition) is 9. The van der Waals surface area contributed by atoms with Crippen LogP contribution in [-0.2, 0) is 19.0 Å². The third-order valence-corrected chi connectivity index (χ3v) is 5.81. The number of anilines is 2. The molecule has 0 amide bonds. The number of nitrogens with one attached hydrogen (secondary N) is 1. The van der Waals surface area contributed by atoms with E-state index in [2.05, 4.69) is 22.2 Å². The van der Waals surface area contributed by atoms with E-state index < -0.39 is 24.5 Å². The highest BCUT2D eigenvalue weighted by Crippen LogP contribution is 2.41. The molecule has 1 saturated carbocycles. The highest BCUT2D eigenvalue weighted by Gasteiger charge is 2.55. The standard InChI is InChI=1S/C17H25ClN4O5S/c1-4-5-28-16-21-14(18)11(19)15(22-16)20-8-6-9(25-7-10(23)24)13-12(8)26-17(2,3)27-13/h8-9,12-13H,4-7,19H2,1-3H3,(H,23,24)(H,20,21,22)/t8-,9+,12+,13-/m1/s1. The summed E-state index contributed by atoms with van der Waals surface area (Å²) in [4.78, 5) is 19.6. The second-order valence-electron chi connectivity index (χ2n) is 7.20. The van der Waals surface area contributed by atoms with Crippen LogP contribution in [0.4, 0.5) is 11.5 Å². The Morgan fingerprint density at radius 3 is 2.82 bits per heavy atom. The van der Waals surface area contributed by atoms with Crippen LogP contribution in [0.1, 0.15) is 33.6 Å². The van der Waals surface area contributed by atoms with Crippen molar-refractivity contribution in [2.75, 3.05) is 23.4 Å². The molecule has 0 radical (unpaired) electrons. The first-order chi connectivity index (χ1) is 13.2. The van der Waals surface area contributed by atoms with Gasteiger partial charge in [0.2, 0.25) is 0 Å². The molecule has 1 saturated heterocycles. The first-order valence-electron chi connectivity index (χ1n) is 9.11. The summed E-state index contributed by atoms with van der Waals surface area (Å²) in [5, 5.41) is 12.9. The number of aliphatic carboxylic acids is 1. The van der Waals surface area contributed by atoms with Gasteiger partial charge >= 0.3 is 5.97 Å². The van der Waals surface area contributed by atoms with Crippen molar-refractivity contribution in [3.63, 3.8) is 0 Å². The van der Waals surface area contributed by atoms with Gasteiger partial charge in [-0.05, 0) is 26.7 Å². The molecule has 11 heteroatoms. The summed E-state index contributed by atoms with van der Waals surface area (Å²) < 4.78 is 17.5. The molecule has 0 bridgehead atoms. The van der Waals surface area contributed by atoms with Crippen LogP contribution in [0.15, 0.2) is 5.16 Å². The summed E-state index contributed by atoms with van der Waals surface area (Å²) in [5.41, 5.74) is 6.33. The predicted molar refractivity (Wildman–Crippen MR) is 106 cm³/mol. The number of halogens is 1. The van der Waals surface area contributed by atoms with E-state index in [1.54, 1.807) is 0 Å². The topological polar surface area (TPSA) is 129 Å². The molecule has 9 nitrogen and oxygen atoms in total. The number of fused-ring (bicyclic) bond motifs is 1. The number of nitrogens with two attached hydrogens (primary N) is 1. The highest BCUT2D eigenvalue weighted by atomic mass is 35.5. The maximum atomic E-state index is 10.9. The van der Waals surface area contributed by atoms with E-state index >= 15 is 0 Å². The third-order valence-electron chi connectivity index (χ3n) is 4.47. The van der Waals surface area contributed by atoms with E-state index in [-0.39, 0.29) is 29.1 Å². The van der Waals surface area contributed by atoms with E-state index in [1.807, 2.05) is 13.8 Å². The molecule has 1 aromatic rings. The lowest BCUT2D eigenvalue weighted by molar-refractivity contribution is -0.170. The zero-order valence-corrected chi connectivity index (χ0v) is 17.5. The van der Waals surface area contributed by atoms with E-state index in [0.717, 1.165) is 12.2 Å². The minimum Gasteiger partial charge on any atom is -0.480 e. The van der Waals surface area contributed by atoms with Crippen molar-refractivity contribution in [1.29, 1.82) is 0 Å². The Bertz CT molecular complexity index is 738. The lowest BCUT2D eigenvalue weighted by Crippen LogP contribution is -2.35. The molecule has 0 spiro atoms. The Morgan fingerprint density at radius 1 is 1.43 bits per heavy atom. The highest BCUT2D eigenvalue weighted by molar-refractivity contribution is 7.99. The average molecular weight is 433 g/mol. The average Bonchev–Trinajstić information content (AvgIpc) is 3.09. The zero-order chi connectivity index (χ0) is 20.5. The van der Waals surface area contributed by atoms with Crippen LogP contribution in [0.3, 0.4) is 0 Å². The Labute approximate surface area is 172 Å². The summed E-state index contributed by atoms with van der Waals surface area (Å²) in [6.45, 7) is 5.29. The van der Waals surface area contributed by atoms with Crippen LogP contribution in [0.25, 0.3) is 0 Å². The van der Waals surface area contributed by atoms with Crippen molar-refractivity contribution in [1.82, 2.24) is 9.97 Å². The number of carboxylic acids is 1. The summed E-state index contributed by atoms with van der Waals surface area (Å²) in [6, 6.07) is -0.233. The van der Waals surface area contributed by atoms with E-state index in [4.69, 9.17) is 36.7 Å². The van der Waals surface area contributed by atoms with Gasteiger partial charge < -0.3 is 30.4 Å². The normalized spacial score (nSPS) is 28.3. The number of aromatic nitrogens is 2. The first kappa shape index (κ1) is 21.4. The maximum Gasteiger partial charge on any atom is 0.329 e. The Balaban J connectivity index is 1.79. The van der Waals surface area contributed by atoms with Crippen molar-refractivity contribution in [2.45, 2.75) is 68.9 Å². The van der Waals surface area contributed by atoms with E-state index in [0.29, 0.717) is 17.4 Å². The van der Waals surface area contributed by atoms with Gasteiger partial charge in [-0.1, -0.05) is 30.3 Å². The molecule has 1 aliphatic carbocycles. The summed E-state index contributed by atoms with van der Waals surface area (Å²) >= 11 is 7.68. The number of rotatable bonds is 8. The molecule has 4 N–H and O–H groups in total. The number of thioether (sulfide) groups is 1. The van der Waals surface area contributed by atoms with Gasteiger partial charge in [-0.25, -0.2) is 14.8 Å². The van der Waals surface area contributed by atoms with Crippen LogP contribution >= 0.6 is 23.4 Å². The van der Waals surface area contributed by atoms with Crippen LogP contribution < -0.4 is 11.1 Å². The quantitative estimate of drug-likeness (QED) is 0.320. The third kappa shape index (κ3) is 4.80. The van der Waals surface area contributed by atoms with Gasteiger partial charge in [0, 0.05) is 5.75 Å². The van der Waals surface area contributed by atoms with Crippen molar-refractivity contribution in [2.24, 2.45) is 0 Å². The van der Waals surface area contributed by atoms with Crippen molar-refractivity contribution in [3.8, 4) is 0 Å². The fourth-order valence-electron chi connectivity index (χ4n) is 3.38. The molecule has 3 rings (SSSR count). The van der Waals surface area contributed by atoms with Crippen LogP contribution in [0.2, 0.25) is 5.15 Å². The largest absolute Gasteiger partial charge is 0.480 e. The minimum atomic E-state index is -1.03. The van der Waals surface area contributed by atoms with Crippen molar-refractivity contribution >= 4 is 40.8 Å². The lowest BCUT2D eigenvalue weighted by atomic mass is 10.2. The fraction of sp³-hybridized carbons (Fsp3) is 0.706. The van der Waals surface area contributed by atoms with E-state index in [9.17, 15) is 4.79 Å². The molecule has 28 heavy (non-hydrogen) atoms. The lowest BCUT2D eigenvalue weighted by Gasteiger charge is -2.24. The summed E-state index contributed by atoms with van der Waals surface area (Å²) in [5.74, 6) is -0.535. The summed E-state index contributed by atoms with van der Waals surface area (Å²) in [7, 11) is 0. The molecule has 4 atom stereocenters. The fourth-order valence-corrected chi connectivity index (χ4v) is 4.30. The van der Waals surface area contributed by atoms with Crippen LogP contribution in [0.5, 0.6) is 0 Å². The number of carbonyl (C=O) groups is 1. The maximum absolute atomic E-state index is 10.9. The number of ether oxygens (including phenoxy) is 3. The van der Waals surface area contributed by atoms with Crippen molar-refractivity contribution in [3.05, 3.63) is 5.15 Å². The minimum absolute atomic E-state index is 0.188. The van der Waals surface area contributed by atoms with Crippen LogP contribution in [0, 0.1) is 0 Å². The van der Waals surface area contributed by atoms with Gasteiger partial charge in [-0.3, -0.25) is 0 Å². The van der Waals surface area contributed by atoms with Crippen molar-refractivity contribution < 1.29 is 24.1 Å². The second-order valence-corrected chi connectivity index (χ2v) is 8.62. The first-order valence-corrected chi connectivity index (χ1v) is 10.5. The van der Waals surface area contributed by atoms with Gasteiger partial charge in [-0.15, -0.1) is 0 Å². The number of hydrogen-bond donors (Lipinski definition) is 3. The molecular weight excluding hydrogens is 408 g/mol. The molecule has 2 heterocycles.